The van der Waals surface area contributed by atoms with Crippen molar-refractivity contribution in [3.05, 3.63) is 149 Å². The minimum absolute atomic E-state index is 0.188. The van der Waals surface area contributed by atoms with E-state index in [4.69, 9.17) is 9.97 Å². The molecule has 46 heavy (non-hydrogen) atoms. The van der Waals surface area contributed by atoms with Crippen molar-refractivity contribution in [3.8, 4) is 0 Å². The van der Waals surface area contributed by atoms with Crippen LogP contribution >= 0.6 is 0 Å². The highest BCUT2D eigenvalue weighted by molar-refractivity contribution is 7.91. The SMILES string of the molecule is Cc1ccc(S(=O)(=O)C(NCc2ccc(CN(Cc3nc4ccccc4[nH]3)C3CCCc4cccnc43)cc2)c2ccc[nH]2)cc1. The molecule has 2 unspecified atom stereocenters. The van der Waals surface area contributed by atoms with E-state index in [0.717, 1.165) is 59.5 Å². The van der Waals surface area contributed by atoms with E-state index in [0.29, 0.717) is 23.7 Å². The molecule has 2 atom stereocenters. The van der Waals surface area contributed by atoms with Crippen molar-refractivity contribution >= 4 is 20.9 Å². The summed E-state index contributed by atoms with van der Waals surface area (Å²) in [6, 6.07) is 31.6. The molecule has 3 aromatic heterocycles. The number of rotatable bonds is 11. The lowest BCUT2D eigenvalue weighted by Crippen LogP contribution is -2.32. The second kappa shape index (κ2) is 13.0. The van der Waals surface area contributed by atoms with Gasteiger partial charge in [0, 0.05) is 31.2 Å². The highest BCUT2D eigenvalue weighted by atomic mass is 32.2. The summed E-state index contributed by atoms with van der Waals surface area (Å²) in [6.45, 7) is 3.76. The molecule has 234 valence electrons. The van der Waals surface area contributed by atoms with Crippen LogP contribution in [0, 0.1) is 6.92 Å². The van der Waals surface area contributed by atoms with Gasteiger partial charge in [-0.05, 0) is 85.3 Å². The molecule has 3 heterocycles. The molecule has 3 aromatic carbocycles. The van der Waals surface area contributed by atoms with Crippen LogP contribution < -0.4 is 5.32 Å². The predicted molar refractivity (Wildman–Crippen MR) is 180 cm³/mol. The van der Waals surface area contributed by atoms with Gasteiger partial charge in [0.05, 0.1) is 34.2 Å². The third-order valence-electron chi connectivity index (χ3n) is 8.86. The second-order valence-corrected chi connectivity index (χ2v) is 14.2. The van der Waals surface area contributed by atoms with Crippen LogP contribution in [0.25, 0.3) is 11.0 Å². The number of aromatic amines is 2. The average molecular weight is 631 g/mol. The molecule has 8 nitrogen and oxygen atoms in total. The van der Waals surface area contributed by atoms with Crippen LogP contribution in [0.5, 0.6) is 0 Å². The molecule has 3 N–H and O–H groups in total. The van der Waals surface area contributed by atoms with E-state index in [2.05, 4.69) is 56.6 Å². The summed E-state index contributed by atoms with van der Waals surface area (Å²) >= 11 is 0. The lowest BCUT2D eigenvalue weighted by atomic mass is 9.90. The van der Waals surface area contributed by atoms with Gasteiger partial charge < -0.3 is 9.97 Å². The Balaban J connectivity index is 1.11. The Kier molecular flexibility index (Phi) is 8.53. The van der Waals surface area contributed by atoms with Crippen molar-refractivity contribution in [1.82, 2.24) is 30.2 Å². The van der Waals surface area contributed by atoms with Crippen LogP contribution in [0.3, 0.4) is 0 Å². The third-order valence-corrected chi connectivity index (χ3v) is 10.8. The van der Waals surface area contributed by atoms with Gasteiger partial charge in [0.15, 0.2) is 15.2 Å². The highest BCUT2D eigenvalue weighted by Crippen LogP contribution is 2.35. The number of benzene rings is 3. The van der Waals surface area contributed by atoms with Gasteiger partial charge in [-0.1, -0.05) is 60.2 Å². The first-order valence-corrected chi connectivity index (χ1v) is 17.4. The predicted octanol–water partition coefficient (Wildman–Crippen LogP) is 6.94. The number of H-pyrrole nitrogens is 2. The number of pyridine rings is 1. The Morgan fingerprint density at radius 2 is 1.72 bits per heavy atom. The number of hydrogen-bond donors (Lipinski definition) is 3. The smallest absolute Gasteiger partial charge is 0.199 e. The second-order valence-electron chi connectivity index (χ2n) is 12.1. The molecule has 0 bridgehead atoms. The number of para-hydroxylation sites is 2. The van der Waals surface area contributed by atoms with Crippen molar-refractivity contribution in [2.75, 3.05) is 0 Å². The van der Waals surface area contributed by atoms with Gasteiger partial charge in [0.25, 0.3) is 0 Å². The minimum Gasteiger partial charge on any atom is -0.363 e. The number of hydrogen-bond acceptors (Lipinski definition) is 6. The number of nitrogens with one attached hydrogen (secondary N) is 3. The molecule has 1 aliphatic rings. The summed E-state index contributed by atoms with van der Waals surface area (Å²) in [5.41, 5.74) is 8.31. The number of imidazole rings is 1. The molecule has 6 aromatic rings. The van der Waals surface area contributed by atoms with Crippen LogP contribution in [0.2, 0.25) is 0 Å². The molecule has 0 radical (unpaired) electrons. The fraction of sp³-hybridized carbons (Fsp3) is 0.243. The van der Waals surface area contributed by atoms with E-state index in [9.17, 15) is 8.42 Å². The molecule has 0 aliphatic heterocycles. The van der Waals surface area contributed by atoms with Gasteiger partial charge in [-0.3, -0.25) is 15.2 Å². The van der Waals surface area contributed by atoms with Gasteiger partial charge in [-0.25, -0.2) is 13.4 Å². The minimum atomic E-state index is -3.68. The van der Waals surface area contributed by atoms with Crippen LogP contribution in [0.4, 0.5) is 0 Å². The van der Waals surface area contributed by atoms with Crippen LogP contribution in [-0.4, -0.2) is 33.3 Å². The molecular formula is C37H38N6O2S. The molecule has 7 rings (SSSR count). The van der Waals surface area contributed by atoms with Crippen molar-refractivity contribution < 1.29 is 8.42 Å². The van der Waals surface area contributed by atoms with E-state index in [1.165, 1.54) is 11.1 Å². The summed E-state index contributed by atoms with van der Waals surface area (Å²) < 4.78 is 27.4. The standard InChI is InChI=1S/C37H38N6O2S/c1-26-13-19-30(20-14-26)46(44,45)37(33-11-6-21-38-33)40-23-27-15-17-28(18-16-27)24-43(25-35-41-31-9-2-3-10-32(31)42-35)34-12-4-7-29-8-5-22-39-36(29)34/h2-3,5-6,8-11,13-22,34,37-38,40H,4,7,12,23-25H2,1H3,(H,41,42). The maximum atomic E-state index is 13.7. The Bertz CT molecular complexity index is 1990. The summed E-state index contributed by atoms with van der Waals surface area (Å²) in [4.78, 5) is 19.1. The molecule has 0 spiro atoms. The first-order chi connectivity index (χ1) is 22.4. The molecule has 0 fully saturated rings. The zero-order valence-electron chi connectivity index (χ0n) is 25.9. The van der Waals surface area contributed by atoms with E-state index in [-0.39, 0.29) is 6.04 Å². The molecule has 9 heteroatoms. The monoisotopic (exact) mass is 630 g/mol. The number of sulfone groups is 1. The summed E-state index contributed by atoms with van der Waals surface area (Å²) in [6.07, 6.45) is 6.88. The molecule has 0 saturated heterocycles. The van der Waals surface area contributed by atoms with Crippen molar-refractivity contribution in [3.63, 3.8) is 0 Å². The fourth-order valence-electron chi connectivity index (χ4n) is 6.46. The summed E-state index contributed by atoms with van der Waals surface area (Å²) in [5.74, 6) is 0.940. The van der Waals surface area contributed by atoms with Crippen molar-refractivity contribution in [2.24, 2.45) is 0 Å². The molecule has 0 saturated carbocycles. The zero-order valence-corrected chi connectivity index (χ0v) is 26.7. The molecule has 1 aliphatic carbocycles. The first kappa shape index (κ1) is 30.1. The van der Waals surface area contributed by atoms with Crippen LogP contribution in [-0.2, 0) is 35.9 Å². The van der Waals surface area contributed by atoms with Crippen molar-refractivity contribution in [2.45, 2.75) is 62.1 Å². The van der Waals surface area contributed by atoms with E-state index in [1.54, 1.807) is 24.4 Å². The average Bonchev–Trinajstić information content (AvgIpc) is 3.75. The molecule has 0 amide bonds. The Morgan fingerprint density at radius 1 is 0.913 bits per heavy atom. The van der Waals surface area contributed by atoms with Gasteiger partial charge >= 0.3 is 0 Å². The van der Waals surface area contributed by atoms with Gasteiger partial charge in [-0.2, -0.15) is 0 Å². The normalized spacial score (nSPS) is 15.7. The summed E-state index contributed by atoms with van der Waals surface area (Å²) in [5, 5.41) is 2.41. The van der Waals surface area contributed by atoms with E-state index >= 15 is 0 Å². The van der Waals surface area contributed by atoms with Crippen LogP contribution in [0.15, 0.2) is 114 Å². The zero-order chi connectivity index (χ0) is 31.5. The topological polar surface area (TPSA) is 107 Å². The quantitative estimate of drug-likeness (QED) is 0.143. The number of aryl methyl sites for hydroxylation is 2. The highest BCUT2D eigenvalue weighted by Gasteiger charge is 2.30. The Labute approximate surface area is 269 Å². The van der Waals surface area contributed by atoms with Gasteiger partial charge in [-0.15, -0.1) is 0 Å². The maximum absolute atomic E-state index is 13.7. The van der Waals surface area contributed by atoms with Crippen LogP contribution in [0.1, 0.15) is 63.7 Å². The summed E-state index contributed by atoms with van der Waals surface area (Å²) in [7, 11) is -3.68. The first-order valence-electron chi connectivity index (χ1n) is 15.8. The van der Waals surface area contributed by atoms with Gasteiger partial charge in [0.2, 0.25) is 0 Å². The van der Waals surface area contributed by atoms with Gasteiger partial charge in [0.1, 0.15) is 5.82 Å². The number of aromatic nitrogens is 4. The lowest BCUT2D eigenvalue weighted by Gasteiger charge is -2.34. The third kappa shape index (κ3) is 6.39. The largest absolute Gasteiger partial charge is 0.363 e. The maximum Gasteiger partial charge on any atom is 0.199 e. The Morgan fingerprint density at radius 3 is 2.50 bits per heavy atom. The Hall–Kier alpha value is -4.57. The number of fused-ring (bicyclic) bond motifs is 2. The number of nitrogens with zero attached hydrogens (tertiary/aromatic N) is 3. The van der Waals surface area contributed by atoms with E-state index in [1.807, 2.05) is 55.6 Å². The van der Waals surface area contributed by atoms with E-state index < -0.39 is 15.2 Å². The lowest BCUT2D eigenvalue weighted by molar-refractivity contribution is 0.153. The fourth-order valence-corrected chi connectivity index (χ4v) is 8.03. The molecular weight excluding hydrogens is 593 g/mol. The van der Waals surface area contributed by atoms with Crippen molar-refractivity contribution in [1.29, 1.82) is 0 Å².